The van der Waals surface area contributed by atoms with Gasteiger partial charge in [-0.15, -0.1) is 31.7 Å². The van der Waals surface area contributed by atoms with Gasteiger partial charge < -0.3 is 8.83 Å². The van der Waals surface area contributed by atoms with Gasteiger partial charge in [-0.05, 0) is 42.7 Å². The highest BCUT2D eigenvalue weighted by atomic mass is 32.2. The fourth-order valence-corrected chi connectivity index (χ4v) is 5.22. The molecule has 1 aromatic carbocycles. The molecular weight excluding hydrogens is 442 g/mol. The van der Waals surface area contributed by atoms with Crippen LogP contribution in [0.2, 0.25) is 0 Å². The van der Waals surface area contributed by atoms with E-state index in [1.54, 1.807) is 17.6 Å². The number of thioether (sulfide) groups is 1. The van der Waals surface area contributed by atoms with Crippen molar-refractivity contribution in [1.82, 2.24) is 25.0 Å². The smallest absolute Gasteiger partial charge is 0.257 e. The van der Waals surface area contributed by atoms with Crippen LogP contribution >= 0.6 is 23.1 Å². The molecule has 0 radical (unpaired) electrons. The third-order valence-electron chi connectivity index (χ3n) is 4.99. The van der Waals surface area contributed by atoms with Crippen molar-refractivity contribution < 1.29 is 8.83 Å². The second-order valence-electron chi connectivity index (χ2n) is 7.22. The fourth-order valence-electron chi connectivity index (χ4n) is 3.41. The minimum Gasteiger partial charge on any atom is -0.461 e. The number of nitrogens with zero attached hydrogens (tertiary/aromatic N) is 5. The summed E-state index contributed by atoms with van der Waals surface area (Å²) >= 11 is 3.22. The third-order valence-corrected chi connectivity index (χ3v) is 7.31. The summed E-state index contributed by atoms with van der Waals surface area (Å²) in [4.78, 5) is 2.35. The number of hydrogen-bond acceptors (Lipinski definition) is 8. The zero-order chi connectivity index (χ0) is 21.9. The van der Waals surface area contributed by atoms with Crippen LogP contribution in [0, 0.1) is 6.92 Å². The minimum atomic E-state index is 0.503. The normalized spacial score (nSPS) is 11.3. The summed E-state index contributed by atoms with van der Waals surface area (Å²) in [6.45, 7) is 4.90. The van der Waals surface area contributed by atoms with E-state index < -0.39 is 0 Å². The van der Waals surface area contributed by atoms with E-state index in [9.17, 15) is 0 Å². The monoisotopic (exact) mass is 463 g/mol. The van der Waals surface area contributed by atoms with Crippen LogP contribution in [0.25, 0.3) is 22.4 Å². The second kappa shape index (κ2) is 9.13. The minimum absolute atomic E-state index is 0.503. The van der Waals surface area contributed by atoms with Crippen LogP contribution in [0.4, 0.5) is 0 Å². The van der Waals surface area contributed by atoms with Gasteiger partial charge >= 0.3 is 0 Å². The van der Waals surface area contributed by atoms with Crippen molar-refractivity contribution in [3.05, 3.63) is 76.7 Å². The van der Waals surface area contributed by atoms with E-state index in [0.717, 1.165) is 22.0 Å². The van der Waals surface area contributed by atoms with E-state index in [4.69, 9.17) is 8.83 Å². The third kappa shape index (κ3) is 4.26. The predicted molar refractivity (Wildman–Crippen MR) is 125 cm³/mol. The van der Waals surface area contributed by atoms with E-state index in [2.05, 4.69) is 52.4 Å². The van der Waals surface area contributed by atoms with Crippen LogP contribution < -0.4 is 0 Å². The first-order valence-electron chi connectivity index (χ1n) is 10.3. The van der Waals surface area contributed by atoms with Gasteiger partial charge in [0.2, 0.25) is 11.7 Å². The first kappa shape index (κ1) is 20.7. The van der Waals surface area contributed by atoms with E-state index in [1.165, 1.54) is 22.2 Å². The van der Waals surface area contributed by atoms with Crippen molar-refractivity contribution in [2.75, 3.05) is 0 Å². The number of aryl methyl sites for hydroxylation is 2. The van der Waals surface area contributed by atoms with Crippen molar-refractivity contribution in [1.29, 1.82) is 0 Å². The van der Waals surface area contributed by atoms with Crippen molar-refractivity contribution in [2.45, 2.75) is 37.7 Å². The first-order valence-corrected chi connectivity index (χ1v) is 12.1. The van der Waals surface area contributed by atoms with E-state index >= 15 is 0 Å². The topological polar surface area (TPSA) is 82.8 Å². The quantitative estimate of drug-likeness (QED) is 0.266. The van der Waals surface area contributed by atoms with Crippen molar-refractivity contribution in [2.24, 2.45) is 0 Å². The summed E-state index contributed by atoms with van der Waals surface area (Å²) in [5, 5.41) is 18.0. The van der Waals surface area contributed by atoms with Gasteiger partial charge in [-0.25, -0.2) is 0 Å². The van der Waals surface area contributed by atoms with Crippen LogP contribution in [-0.4, -0.2) is 25.0 Å². The number of hydrogen-bond donors (Lipinski definition) is 0. The SMILES string of the molecule is CCc1sc(-c2nnc(CSc3nnc(-c4ccco4)n3Cc3ccccc3)o2)cc1C. The Morgan fingerprint density at radius 3 is 2.66 bits per heavy atom. The Hall–Kier alpha value is -3.17. The number of benzene rings is 1. The van der Waals surface area contributed by atoms with Gasteiger partial charge in [0, 0.05) is 4.88 Å². The highest BCUT2D eigenvalue weighted by molar-refractivity contribution is 7.98. The molecule has 0 saturated heterocycles. The lowest BCUT2D eigenvalue weighted by Crippen LogP contribution is -2.04. The molecule has 0 atom stereocenters. The van der Waals surface area contributed by atoms with E-state index in [-0.39, 0.29) is 0 Å². The van der Waals surface area contributed by atoms with Crippen LogP contribution in [0.1, 0.15) is 28.8 Å². The molecule has 0 unspecified atom stereocenters. The molecule has 4 heterocycles. The zero-order valence-electron chi connectivity index (χ0n) is 17.7. The molecule has 0 aliphatic carbocycles. The molecule has 7 nitrogen and oxygen atoms in total. The Balaban J connectivity index is 1.37. The molecule has 4 aromatic heterocycles. The van der Waals surface area contributed by atoms with Crippen molar-refractivity contribution in [3.63, 3.8) is 0 Å². The Kier molecular flexibility index (Phi) is 5.91. The molecule has 0 spiro atoms. The molecular formula is C23H21N5O2S2. The molecule has 0 fully saturated rings. The van der Waals surface area contributed by atoms with Gasteiger partial charge in [0.1, 0.15) is 0 Å². The Morgan fingerprint density at radius 1 is 1.03 bits per heavy atom. The predicted octanol–water partition coefficient (Wildman–Crippen LogP) is 5.86. The summed E-state index contributed by atoms with van der Waals surface area (Å²) in [6.07, 6.45) is 2.64. The molecule has 5 aromatic rings. The fraction of sp³-hybridized carbons (Fsp3) is 0.217. The maximum atomic E-state index is 5.93. The summed E-state index contributed by atoms with van der Waals surface area (Å²) in [6, 6.07) is 16.1. The Morgan fingerprint density at radius 2 is 1.91 bits per heavy atom. The molecule has 0 saturated carbocycles. The van der Waals surface area contributed by atoms with Crippen molar-refractivity contribution >= 4 is 23.1 Å². The lowest BCUT2D eigenvalue weighted by molar-refractivity contribution is 0.529. The summed E-state index contributed by atoms with van der Waals surface area (Å²) in [5.74, 6) is 3.00. The highest BCUT2D eigenvalue weighted by Crippen LogP contribution is 2.32. The van der Waals surface area contributed by atoms with E-state index in [1.807, 2.05) is 34.9 Å². The maximum absolute atomic E-state index is 5.93. The summed E-state index contributed by atoms with van der Waals surface area (Å²) in [5.41, 5.74) is 2.42. The molecule has 0 amide bonds. The molecule has 5 rings (SSSR count). The van der Waals surface area contributed by atoms with Gasteiger partial charge in [0.25, 0.3) is 5.89 Å². The van der Waals surface area contributed by atoms with Gasteiger partial charge in [0.05, 0.1) is 23.4 Å². The van der Waals surface area contributed by atoms with Crippen LogP contribution in [-0.2, 0) is 18.7 Å². The Bertz CT molecular complexity index is 1310. The number of furan rings is 1. The number of thiophene rings is 1. The highest BCUT2D eigenvalue weighted by Gasteiger charge is 2.19. The van der Waals surface area contributed by atoms with Crippen LogP contribution in [0.15, 0.2) is 68.8 Å². The molecule has 9 heteroatoms. The van der Waals surface area contributed by atoms with Crippen molar-refractivity contribution in [3.8, 4) is 22.4 Å². The number of rotatable bonds is 8. The summed E-state index contributed by atoms with van der Waals surface area (Å²) < 4.78 is 13.6. The largest absolute Gasteiger partial charge is 0.461 e. The standard InChI is InChI=1S/C23H21N5O2S2/c1-3-18-15(2)12-19(32-18)22-26-24-20(30-22)14-31-23-27-25-21(17-10-7-11-29-17)28(23)13-16-8-5-4-6-9-16/h4-12H,3,13-14H2,1-2H3. The molecule has 0 N–H and O–H groups in total. The van der Waals surface area contributed by atoms with Gasteiger partial charge in [-0.1, -0.05) is 49.0 Å². The zero-order valence-corrected chi connectivity index (χ0v) is 19.3. The average molecular weight is 464 g/mol. The van der Waals surface area contributed by atoms with Crippen LogP contribution in [0.3, 0.4) is 0 Å². The van der Waals surface area contributed by atoms with Gasteiger partial charge in [-0.3, -0.25) is 4.57 Å². The lowest BCUT2D eigenvalue weighted by Gasteiger charge is -2.08. The average Bonchev–Trinajstić information content (AvgIpc) is 3.60. The first-order chi connectivity index (χ1) is 15.7. The molecule has 0 bridgehead atoms. The second-order valence-corrected chi connectivity index (χ2v) is 9.29. The van der Waals surface area contributed by atoms with Gasteiger partial charge in [0.15, 0.2) is 10.9 Å². The summed E-state index contributed by atoms with van der Waals surface area (Å²) in [7, 11) is 0. The lowest BCUT2D eigenvalue weighted by atomic mass is 10.2. The van der Waals surface area contributed by atoms with E-state index in [0.29, 0.717) is 35.7 Å². The molecule has 0 aliphatic rings. The molecule has 0 aliphatic heterocycles. The molecule has 162 valence electrons. The van der Waals surface area contributed by atoms with Crippen LogP contribution in [0.5, 0.6) is 0 Å². The van der Waals surface area contributed by atoms with Gasteiger partial charge in [-0.2, -0.15) is 0 Å². The molecule has 32 heavy (non-hydrogen) atoms. The Labute approximate surface area is 193 Å². The maximum Gasteiger partial charge on any atom is 0.257 e. The number of aromatic nitrogens is 5.